The molecule has 7 heteroatoms. The van der Waals surface area contributed by atoms with Gasteiger partial charge in [-0.2, -0.15) is 0 Å². The van der Waals surface area contributed by atoms with Crippen molar-refractivity contribution < 1.29 is 24.5 Å². The molecular formula is C20H30N2O5. The minimum absolute atomic E-state index is 0.0287. The number of ether oxygens (including phenoxy) is 1. The van der Waals surface area contributed by atoms with E-state index in [1.54, 1.807) is 13.0 Å². The summed E-state index contributed by atoms with van der Waals surface area (Å²) in [6, 6.07) is 0.127. The number of aliphatic hydroxyl groups is 2. The maximum atomic E-state index is 12.5. The maximum absolute atomic E-state index is 12.5. The van der Waals surface area contributed by atoms with Crippen LogP contribution < -0.4 is 0 Å². The van der Waals surface area contributed by atoms with Crippen LogP contribution in [0.3, 0.4) is 0 Å². The van der Waals surface area contributed by atoms with Crippen molar-refractivity contribution in [3.8, 4) is 0 Å². The Labute approximate surface area is 160 Å². The van der Waals surface area contributed by atoms with Gasteiger partial charge >= 0.3 is 5.97 Å². The minimum atomic E-state index is -0.905. The van der Waals surface area contributed by atoms with Crippen LogP contribution in [-0.2, 0) is 14.3 Å². The molecule has 0 aromatic carbocycles. The lowest BCUT2D eigenvalue weighted by molar-refractivity contribution is -0.183. The minimum Gasteiger partial charge on any atom is -0.459 e. The number of aliphatic hydroxyl groups excluding tert-OH is 2. The first-order chi connectivity index (χ1) is 12.9. The van der Waals surface area contributed by atoms with Crippen molar-refractivity contribution in [1.29, 1.82) is 0 Å². The SMILES string of the molecule is C/C=C(/C)C(=O)O[C@H]1CCN2C[C@H]3[C@H](O)[C@H](CN4C(=O)[C@@H](O)CC[C@H]34)[C@@H]2C1. The summed E-state index contributed by atoms with van der Waals surface area (Å²) in [5.41, 5.74) is 0.606. The van der Waals surface area contributed by atoms with E-state index in [-0.39, 0.29) is 41.9 Å². The lowest BCUT2D eigenvalue weighted by Crippen LogP contribution is -2.71. The number of allylic oxidation sites excluding steroid dienone is 1. The number of piperidine rings is 4. The molecule has 0 radical (unpaired) electrons. The van der Waals surface area contributed by atoms with Crippen LogP contribution in [0.4, 0.5) is 0 Å². The van der Waals surface area contributed by atoms with Crippen molar-refractivity contribution in [3.05, 3.63) is 11.6 Å². The highest BCUT2D eigenvalue weighted by Crippen LogP contribution is 2.43. The van der Waals surface area contributed by atoms with E-state index in [2.05, 4.69) is 4.90 Å². The second-order valence-corrected chi connectivity index (χ2v) is 8.56. The molecule has 0 spiro atoms. The Kier molecular flexibility index (Phi) is 5.03. The number of amides is 1. The number of hydrogen-bond donors (Lipinski definition) is 2. The van der Waals surface area contributed by atoms with Crippen LogP contribution in [0.1, 0.15) is 39.5 Å². The molecule has 4 heterocycles. The zero-order chi connectivity index (χ0) is 19.3. The van der Waals surface area contributed by atoms with Crippen LogP contribution in [0.25, 0.3) is 0 Å². The van der Waals surface area contributed by atoms with Gasteiger partial charge in [0.15, 0.2) is 0 Å². The van der Waals surface area contributed by atoms with Gasteiger partial charge in [0, 0.05) is 55.5 Å². The van der Waals surface area contributed by atoms with Gasteiger partial charge in [-0.3, -0.25) is 9.69 Å². The van der Waals surface area contributed by atoms with Crippen LogP contribution in [0.15, 0.2) is 11.6 Å². The normalized spacial score (nSPS) is 42.4. The van der Waals surface area contributed by atoms with Crippen LogP contribution in [0, 0.1) is 11.8 Å². The highest BCUT2D eigenvalue weighted by Gasteiger charge is 2.55. The van der Waals surface area contributed by atoms with Gasteiger partial charge < -0.3 is 19.8 Å². The molecule has 1 amide bonds. The van der Waals surface area contributed by atoms with Gasteiger partial charge in [-0.15, -0.1) is 0 Å². The first kappa shape index (κ1) is 18.9. The van der Waals surface area contributed by atoms with Gasteiger partial charge in [0.1, 0.15) is 12.2 Å². The van der Waals surface area contributed by atoms with Gasteiger partial charge in [-0.05, 0) is 33.1 Å². The Morgan fingerprint density at radius 2 is 1.89 bits per heavy atom. The van der Waals surface area contributed by atoms with E-state index in [1.165, 1.54) is 0 Å². The lowest BCUT2D eigenvalue weighted by atomic mass is 9.68. The molecule has 0 unspecified atom stereocenters. The number of hydrogen-bond acceptors (Lipinski definition) is 6. The molecule has 4 aliphatic heterocycles. The average Bonchev–Trinajstić information content (AvgIpc) is 2.65. The first-order valence-electron chi connectivity index (χ1n) is 10.1. The summed E-state index contributed by atoms with van der Waals surface area (Å²) in [6.45, 7) is 5.66. The van der Waals surface area contributed by atoms with Crippen molar-refractivity contribution in [1.82, 2.24) is 9.80 Å². The summed E-state index contributed by atoms with van der Waals surface area (Å²) in [6.07, 6.45) is 2.98. The van der Waals surface area contributed by atoms with E-state index in [0.717, 1.165) is 25.9 Å². The fraction of sp³-hybridized carbons (Fsp3) is 0.800. The highest BCUT2D eigenvalue weighted by molar-refractivity contribution is 5.87. The molecule has 0 saturated carbocycles. The molecule has 4 saturated heterocycles. The van der Waals surface area contributed by atoms with E-state index in [0.29, 0.717) is 25.0 Å². The van der Waals surface area contributed by atoms with Crippen LogP contribution in [0.5, 0.6) is 0 Å². The molecule has 2 N–H and O–H groups in total. The average molecular weight is 378 g/mol. The monoisotopic (exact) mass is 378 g/mol. The molecule has 4 rings (SSSR count). The van der Waals surface area contributed by atoms with Crippen molar-refractivity contribution in [2.75, 3.05) is 19.6 Å². The molecule has 4 fully saturated rings. The third-order valence-corrected chi connectivity index (χ3v) is 7.16. The maximum Gasteiger partial charge on any atom is 0.333 e. The van der Waals surface area contributed by atoms with E-state index in [9.17, 15) is 19.8 Å². The molecule has 2 bridgehead atoms. The Hall–Kier alpha value is -1.44. The van der Waals surface area contributed by atoms with Crippen LogP contribution in [-0.4, -0.2) is 81.9 Å². The molecule has 7 atom stereocenters. The van der Waals surface area contributed by atoms with E-state index in [1.807, 2.05) is 11.8 Å². The molecule has 150 valence electrons. The second kappa shape index (κ2) is 7.18. The Balaban J connectivity index is 1.50. The van der Waals surface area contributed by atoms with E-state index >= 15 is 0 Å². The van der Waals surface area contributed by atoms with E-state index < -0.39 is 12.2 Å². The standard InChI is InChI=1S/C20H30N2O5/c1-3-11(2)20(26)27-12-6-7-21-9-13-15-4-5-17(23)19(25)22(15)10-14(18(13)24)16(21)8-12/h3,12-18,23-24H,4-10H2,1-2H3/b11-3-/t12-,13+,14+,15+,16-,17-,18-/m0/s1. The van der Waals surface area contributed by atoms with Gasteiger partial charge in [-0.1, -0.05) is 6.08 Å². The molecule has 0 aromatic heterocycles. The Morgan fingerprint density at radius 3 is 2.63 bits per heavy atom. The predicted molar refractivity (Wildman–Crippen MR) is 97.6 cm³/mol. The Bertz CT molecular complexity index is 650. The summed E-state index contributed by atoms with van der Waals surface area (Å²) in [5.74, 6) is -0.480. The van der Waals surface area contributed by atoms with Crippen molar-refractivity contribution in [2.45, 2.75) is 69.9 Å². The largest absolute Gasteiger partial charge is 0.459 e. The second-order valence-electron chi connectivity index (χ2n) is 8.56. The number of nitrogens with zero attached hydrogens (tertiary/aromatic N) is 2. The van der Waals surface area contributed by atoms with Gasteiger partial charge in [0.25, 0.3) is 5.91 Å². The van der Waals surface area contributed by atoms with Crippen molar-refractivity contribution >= 4 is 11.9 Å². The number of carbonyl (C=O) groups is 2. The van der Waals surface area contributed by atoms with Gasteiger partial charge in [-0.25, -0.2) is 4.79 Å². The molecule has 0 aliphatic carbocycles. The van der Waals surface area contributed by atoms with Crippen LogP contribution >= 0.6 is 0 Å². The quantitative estimate of drug-likeness (QED) is 0.531. The molecule has 27 heavy (non-hydrogen) atoms. The molecule has 4 aliphatic rings. The molecule has 7 nitrogen and oxygen atoms in total. The third kappa shape index (κ3) is 3.19. The number of carbonyl (C=O) groups excluding carboxylic acids is 2. The zero-order valence-electron chi connectivity index (χ0n) is 16.1. The summed E-state index contributed by atoms with van der Waals surface area (Å²) >= 11 is 0. The highest BCUT2D eigenvalue weighted by atomic mass is 16.5. The zero-order valence-corrected chi connectivity index (χ0v) is 16.1. The fourth-order valence-electron chi connectivity index (χ4n) is 5.52. The molecule has 0 aromatic rings. The number of esters is 1. The summed E-state index contributed by atoms with van der Waals surface area (Å²) in [4.78, 5) is 28.8. The van der Waals surface area contributed by atoms with Gasteiger partial charge in [0.05, 0.1) is 6.10 Å². The van der Waals surface area contributed by atoms with Crippen molar-refractivity contribution in [2.24, 2.45) is 11.8 Å². The predicted octanol–water partition coefficient (Wildman–Crippen LogP) is 0.301. The number of fused-ring (bicyclic) bond motifs is 6. The van der Waals surface area contributed by atoms with E-state index in [4.69, 9.17) is 4.74 Å². The lowest BCUT2D eigenvalue weighted by Gasteiger charge is -2.59. The smallest absolute Gasteiger partial charge is 0.333 e. The summed E-state index contributed by atoms with van der Waals surface area (Å²) in [5, 5.41) is 20.9. The van der Waals surface area contributed by atoms with Crippen LogP contribution in [0.2, 0.25) is 0 Å². The number of rotatable bonds is 2. The third-order valence-electron chi connectivity index (χ3n) is 7.16. The fourth-order valence-corrected chi connectivity index (χ4v) is 5.52. The van der Waals surface area contributed by atoms with Crippen molar-refractivity contribution in [3.63, 3.8) is 0 Å². The first-order valence-corrected chi connectivity index (χ1v) is 10.1. The van der Waals surface area contributed by atoms with Gasteiger partial charge in [0.2, 0.25) is 0 Å². The Morgan fingerprint density at radius 1 is 1.15 bits per heavy atom. The summed E-state index contributed by atoms with van der Waals surface area (Å²) in [7, 11) is 0. The molecular weight excluding hydrogens is 348 g/mol. The summed E-state index contributed by atoms with van der Waals surface area (Å²) < 4.78 is 5.67. The topological polar surface area (TPSA) is 90.3 Å².